The lowest BCUT2D eigenvalue weighted by Crippen LogP contribution is -3.00. The molecule has 0 radical (unpaired) electrons. The van der Waals surface area contributed by atoms with Crippen LogP contribution in [-0.2, 0) is 17.9 Å². The quantitative estimate of drug-likeness (QED) is 0.325. The van der Waals surface area contributed by atoms with Crippen molar-refractivity contribution in [2.24, 2.45) is 0 Å². The maximum Gasteiger partial charge on any atom is 0.261 e. The summed E-state index contributed by atoms with van der Waals surface area (Å²) in [6.07, 6.45) is 7.59. The van der Waals surface area contributed by atoms with Crippen molar-refractivity contribution in [2.75, 3.05) is 0 Å². The third-order valence-corrected chi connectivity index (χ3v) is 2.27. The van der Waals surface area contributed by atoms with Crippen LogP contribution >= 0.6 is 0 Å². The summed E-state index contributed by atoms with van der Waals surface area (Å²) in [5.74, 6) is 0.187. The zero-order valence-corrected chi connectivity index (χ0v) is 14.1. The van der Waals surface area contributed by atoms with Crippen LogP contribution in [0.3, 0.4) is 0 Å². The highest BCUT2D eigenvalue weighted by atomic mass is 127. The lowest BCUT2D eigenvalue weighted by Gasteiger charge is -1.94. The van der Waals surface area contributed by atoms with Crippen LogP contribution < -0.4 is 57.1 Å². The minimum Gasteiger partial charge on any atom is -1.00 e. The Morgan fingerprint density at radius 2 is 1.00 bits per heavy atom. The predicted octanol–water partition coefficient (Wildman–Crippen LogP) is -5.46. The first-order chi connectivity index (χ1) is 7.84. The molecule has 96 valence electrons. The maximum absolute atomic E-state index is 11.7. The Morgan fingerprint density at radius 3 is 1.33 bits per heavy atom. The number of rotatable bonds is 4. The monoisotopic (exact) mass is 468 g/mol. The number of aromatic nitrogens is 2. The topological polar surface area (TPSA) is 24.8 Å². The van der Waals surface area contributed by atoms with Gasteiger partial charge in [-0.25, -0.2) is 0 Å². The van der Waals surface area contributed by atoms with E-state index in [2.05, 4.69) is 0 Å². The van der Waals surface area contributed by atoms with Crippen LogP contribution in [0.25, 0.3) is 0 Å². The highest BCUT2D eigenvalue weighted by molar-refractivity contribution is 5.75. The fourth-order valence-corrected chi connectivity index (χ4v) is 1.54. The van der Waals surface area contributed by atoms with Crippen molar-refractivity contribution < 1.29 is 61.9 Å². The van der Waals surface area contributed by atoms with E-state index in [0.29, 0.717) is 13.1 Å². The number of halogens is 2. The summed E-state index contributed by atoms with van der Waals surface area (Å²) < 4.78 is 3.76. The largest absolute Gasteiger partial charge is 1.00 e. The zero-order chi connectivity index (χ0) is 11.2. The second kappa shape index (κ2) is 9.37. The molecule has 3 nitrogen and oxygen atoms in total. The first kappa shape index (κ1) is 17.4. The molecule has 5 heteroatoms. The van der Waals surface area contributed by atoms with Gasteiger partial charge in [0.1, 0.15) is 0 Å². The van der Waals surface area contributed by atoms with Crippen LogP contribution in [0, 0.1) is 0 Å². The van der Waals surface area contributed by atoms with Gasteiger partial charge < -0.3 is 48.0 Å². The Bertz CT molecular complexity index is 419. The fourth-order valence-electron chi connectivity index (χ4n) is 1.54. The molecule has 18 heavy (non-hydrogen) atoms. The van der Waals surface area contributed by atoms with Gasteiger partial charge in [0.15, 0.2) is 24.8 Å². The van der Waals surface area contributed by atoms with E-state index in [9.17, 15) is 4.79 Å². The summed E-state index contributed by atoms with van der Waals surface area (Å²) in [5, 5.41) is 0. The Morgan fingerprint density at radius 1 is 0.667 bits per heavy atom. The molecule has 0 N–H and O–H groups in total. The minimum atomic E-state index is 0. The van der Waals surface area contributed by atoms with Gasteiger partial charge in [-0.1, -0.05) is 12.1 Å². The maximum atomic E-state index is 11.7. The summed E-state index contributed by atoms with van der Waals surface area (Å²) in [4.78, 5) is 11.7. The summed E-state index contributed by atoms with van der Waals surface area (Å²) in [5.41, 5.74) is 0. The smallest absolute Gasteiger partial charge is 0.261 e. The summed E-state index contributed by atoms with van der Waals surface area (Å²) >= 11 is 0. The number of pyridine rings is 2. The van der Waals surface area contributed by atoms with E-state index in [0.717, 1.165) is 0 Å². The highest BCUT2D eigenvalue weighted by Crippen LogP contribution is 1.81. The SMILES string of the molecule is O=C(C[n+]1ccccc1)C[n+]1ccccc1.[I-].[I-]. The molecule has 0 aromatic carbocycles. The van der Waals surface area contributed by atoms with E-state index in [1.165, 1.54) is 0 Å². The summed E-state index contributed by atoms with van der Waals surface area (Å²) in [7, 11) is 0. The molecule has 0 spiro atoms. The van der Waals surface area contributed by atoms with Gasteiger partial charge in [0.05, 0.1) is 0 Å². The molecule has 2 aromatic rings. The molecule has 0 unspecified atom stereocenters. The first-order valence-corrected chi connectivity index (χ1v) is 5.24. The number of carbonyl (C=O) groups is 1. The van der Waals surface area contributed by atoms with Crippen molar-refractivity contribution in [1.29, 1.82) is 0 Å². The number of carbonyl (C=O) groups excluding carboxylic acids is 1. The van der Waals surface area contributed by atoms with Gasteiger partial charge in [-0.3, -0.25) is 4.79 Å². The van der Waals surface area contributed by atoms with Crippen molar-refractivity contribution in [1.82, 2.24) is 0 Å². The molecular weight excluding hydrogens is 454 g/mol. The first-order valence-electron chi connectivity index (χ1n) is 5.24. The molecule has 2 rings (SSSR count). The van der Waals surface area contributed by atoms with Gasteiger partial charge in [-0.15, -0.1) is 0 Å². The van der Waals surface area contributed by atoms with E-state index in [1.54, 1.807) is 0 Å². The third kappa shape index (κ3) is 5.85. The van der Waals surface area contributed by atoms with Gasteiger partial charge in [-0.2, -0.15) is 9.13 Å². The normalized spacial score (nSPS) is 8.89. The average Bonchev–Trinajstić information content (AvgIpc) is 2.31. The van der Waals surface area contributed by atoms with Gasteiger partial charge >= 0.3 is 0 Å². The van der Waals surface area contributed by atoms with E-state index in [4.69, 9.17) is 0 Å². The second-order valence-electron chi connectivity index (χ2n) is 3.63. The van der Waals surface area contributed by atoms with E-state index in [-0.39, 0.29) is 53.7 Å². The second-order valence-corrected chi connectivity index (χ2v) is 3.63. The molecular formula is C13H14I2N2O. The van der Waals surface area contributed by atoms with Gasteiger partial charge in [-0.05, 0) is 0 Å². The van der Waals surface area contributed by atoms with Gasteiger partial charge in [0.25, 0.3) is 5.78 Å². The third-order valence-electron chi connectivity index (χ3n) is 2.27. The summed E-state index contributed by atoms with van der Waals surface area (Å²) in [6, 6.07) is 11.6. The predicted molar refractivity (Wildman–Crippen MR) is 58.3 cm³/mol. The van der Waals surface area contributed by atoms with Crippen molar-refractivity contribution >= 4 is 5.78 Å². The van der Waals surface area contributed by atoms with E-state index >= 15 is 0 Å². The molecule has 0 saturated carbocycles. The average molecular weight is 468 g/mol. The Kier molecular flexibility index (Phi) is 9.08. The molecule has 0 saturated heterocycles. The zero-order valence-electron chi connectivity index (χ0n) is 9.75. The van der Waals surface area contributed by atoms with Crippen LogP contribution in [0.4, 0.5) is 0 Å². The van der Waals surface area contributed by atoms with Crippen molar-refractivity contribution in [3.05, 3.63) is 61.2 Å². The summed E-state index contributed by atoms with van der Waals surface area (Å²) in [6.45, 7) is 0.839. The number of hydrogen-bond acceptors (Lipinski definition) is 1. The number of hydrogen-bond donors (Lipinski definition) is 0. The molecule has 2 aromatic heterocycles. The Hall–Kier alpha value is -0.570. The molecule has 0 aliphatic carbocycles. The molecule has 0 bridgehead atoms. The molecule has 2 heterocycles. The molecule has 0 fully saturated rings. The highest BCUT2D eigenvalue weighted by Gasteiger charge is 2.13. The van der Waals surface area contributed by atoms with Crippen molar-refractivity contribution in [2.45, 2.75) is 13.1 Å². The van der Waals surface area contributed by atoms with E-state index in [1.807, 2.05) is 70.3 Å². The lowest BCUT2D eigenvalue weighted by molar-refractivity contribution is -0.702. The van der Waals surface area contributed by atoms with Gasteiger partial charge in [0, 0.05) is 24.3 Å². The minimum absolute atomic E-state index is 0. The van der Waals surface area contributed by atoms with Crippen molar-refractivity contribution in [3.8, 4) is 0 Å². The number of nitrogens with zero attached hydrogens (tertiary/aromatic N) is 2. The van der Waals surface area contributed by atoms with E-state index < -0.39 is 0 Å². The Labute approximate surface area is 141 Å². The number of ketones is 1. The van der Waals surface area contributed by atoms with Crippen LogP contribution in [0.5, 0.6) is 0 Å². The van der Waals surface area contributed by atoms with Crippen molar-refractivity contribution in [3.63, 3.8) is 0 Å². The van der Waals surface area contributed by atoms with Crippen LogP contribution in [0.2, 0.25) is 0 Å². The lowest BCUT2D eigenvalue weighted by atomic mass is 10.3. The number of Topliss-reactive ketones (excluding diaryl/α,β-unsaturated/α-hetero) is 1. The van der Waals surface area contributed by atoms with Crippen LogP contribution in [-0.4, -0.2) is 5.78 Å². The van der Waals surface area contributed by atoms with Gasteiger partial charge in [0.2, 0.25) is 13.1 Å². The molecule has 0 atom stereocenters. The molecule has 0 aliphatic rings. The molecule has 0 aliphatic heterocycles. The Balaban J connectivity index is 0.00000144. The fraction of sp³-hybridized carbons (Fsp3) is 0.154. The van der Waals surface area contributed by atoms with Crippen LogP contribution in [0.1, 0.15) is 0 Å². The standard InChI is InChI=1S/C13H14N2O.2HI/c16-13(11-14-7-3-1-4-8-14)12-15-9-5-2-6-10-15;;/h1-10H,11-12H2;2*1H/q+2;;/p-2. The van der Waals surface area contributed by atoms with Crippen LogP contribution in [0.15, 0.2) is 61.2 Å². The molecule has 0 amide bonds.